The van der Waals surface area contributed by atoms with Gasteiger partial charge < -0.3 is 9.47 Å². The van der Waals surface area contributed by atoms with Crippen molar-refractivity contribution in [2.45, 2.75) is 19.9 Å². The lowest BCUT2D eigenvalue weighted by molar-refractivity contribution is 0.312. The molecule has 3 heterocycles. The second-order valence-electron chi connectivity index (χ2n) is 6.49. The number of halogens is 1. The van der Waals surface area contributed by atoms with E-state index in [1.54, 1.807) is 0 Å². The standard InChI is InChI=1S/C20H20ClN3/c1-14-3-4-15(12-22-14)7-10-24-19-6-5-16(21)11-17(19)18-13-23(2)9-8-20(18)24/h3-7,10-12H,8-9,13H2,1-2H3/b10-7+. The molecular weight excluding hydrogens is 318 g/mol. The second-order valence-corrected chi connectivity index (χ2v) is 6.93. The number of nitrogens with zero attached hydrogens (tertiary/aromatic N) is 3. The molecule has 4 heteroatoms. The van der Waals surface area contributed by atoms with Gasteiger partial charge in [0.05, 0.1) is 5.52 Å². The van der Waals surface area contributed by atoms with Crippen LogP contribution in [0.15, 0.2) is 36.5 Å². The normalized spacial score (nSPS) is 15.3. The number of benzene rings is 1. The summed E-state index contributed by atoms with van der Waals surface area (Å²) in [6, 6.07) is 10.3. The van der Waals surface area contributed by atoms with Crippen molar-refractivity contribution in [3.05, 3.63) is 64.1 Å². The molecule has 0 fully saturated rings. The molecular formula is C20H20ClN3. The van der Waals surface area contributed by atoms with Gasteiger partial charge in [0.25, 0.3) is 0 Å². The number of aromatic nitrogens is 2. The molecule has 0 N–H and O–H groups in total. The van der Waals surface area contributed by atoms with Crippen LogP contribution in [0.1, 0.15) is 22.5 Å². The van der Waals surface area contributed by atoms with Crippen molar-refractivity contribution in [2.24, 2.45) is 0 Å². The number of likely N-dealkylation sites (N-methyl/N-ethyl adjacent to an activating group) is 1. The maximum Gasteiger partial charge on any atom is 0.0529 e. The van der Waals surface area contributed by atoms with Crippen LogP contribution in [0.3, 0.4) is 0 Å². The van der Waals surface area contributed by atoms with Crippen molar-refractivity contribution in [1.82, 2.24) is 14.5 Å². The van der Waals surface area contributed by atoms with E-state index in [-0.39, 0.29) is 0 Å². The van der Waals surface area contributed by atoms with Crippen molar-refractivity contribution in [2.75, 3.05) is 13.6 Å². The Balaban J connectivity index is 1.84. The average Bonchev–Trinajstić information content (AvgIpc) is 2.87. The van der Waals surface area contributed by atoms with E-state index in [1.807, 2.05) is 25.3 Å². The van der Waals surface area contributed by atoms with Crippen LogP contribution in [0.5, 0.6) is 0 Å². The first-order valence-electron chi connectivity index (χ1n) is 8.22. The van der Waals surface area contributed by atoms with E-state index in [0.29, 0.717) is 0 Å². The minimum absolute atomic E-state index is 0.794. The quantitative estimate of drug-likeness (QED) is 0.680. The van der Waals surface area contributed by atoms with E-state index in [9.17, 15) is 0 Å². The Morgan fingerprint density at radius 3 is 2.88 bits per heavy atom. The monoisotopic (exact) mass is 337 g/mol. The Morgan fingerprint density at radius 1 is 1.21 bits per heavy atom. The first kappa shape index (κ1) is 15.4. The first-order chi connectivity index (χ1) is 11.6. The Hall–Kier alpha value is -2.10. The predicted octanol–water partition coefficient (Wildman–Crippen LogP) is 4.61. The topological polar surface area (TPSA) is 21.1 Å². The van der Waals surface area contributed by atoms with Gasteiger partial charge in [0.15, 0.2) is 0 Å². The van der Waals surface area contributed by atoms with Gasteiger partial charge in [0.2, 0.25) is 0 Å². The van der Waals surface area contributed by atoms with Crippen LogP contribution in [0.2, 0.25) is 5.02 Å². The summed E-state index contributed by atoms with van der Waals surface area (Å²) in [7, 11) is 2.17. The summed E-state index contributed by atoms with van der Waals surface area (Å²) in [5.74, 6) is 0. The zero-order chi connectivity index (χ0) is 16.7. The summed E-state index contributed by atoms with van der Waals surface area (Å²) in [5, 5.41) is 2.05. The molecule has 0 saturated carbocycles. The van der Waals surface area contributed by atoms with Gasteiger partial charge in [-0.25, -0.2) is 0 Å². The molecule has 24 heavy (non-hydrogen) atoms. The van der Waals surface area contributed by atoms with Crippen LogP contribution in [-0.2, 0) is 13.0 Å². The molecule has 122 valence electrons. The van der Waals surface area contributed by atoms with Gasteiger partial charge in [-0.05, 0) is 55.4 Å². The largest absolute Gasteiger partial charge is 0.320 e. The number of rotatable bonds is 2. The molecule has 0 amide bonds. The third kappa shape index (κ3) is 2.74. The number of hydrogen-bond donors (Lipinski definition) is 0. The molecule has 0 atom stereocenters. The summed E-state index contributed by atoms with van der Waals surface area (Å²) < 4.78 is 2.31. The predicted molar refractivity (Wildman–Crippen MR) is 101 cm³/mol. The summed E-state index contributed by atoms with van der Waals surface area (Å²) in [6.45, 7) is 4.06. The summed E-state index contributed by atoms with van der Waals surface area (Å²) in [5.41, 5.74) is 6.15. The van der Waals surface area contributed by atoms with Gasteiger partial charge in [0.1, 0.15) is 0 Å². The maximum absolute atomic E-state index is 6.25. The van der Waals surface area contributed by atoms with E-state index in [0.717, 1.165) is 35.8 Å². The van der Waals surface area contributed by atoms with Crippen molar-refractivity contribution < 1.29 is 0 Å². The SMILES string of the molecule is Cc1ccc(/C=C/n2c3c(c4cc(Cl)ccc42)CN(C)CC3)cn1. The number of pyridine rings is 1. The molecule has 0 radical (unpaired) electrons. The van der Waals surface area contributed by atoms with E-state index < -0.39 is 0 Å². The molecule has 1 aromatic carbocycles. The van der Waals surface area contributed by atoms with Crippen LogP contribution in [-0.4, -0.2) is 28.0 Å². The lowest BCUT2D eigenvalue weighted by Gasteiger charge is -2.23. The fraction of sp³-hybridized carbons (Fsp3) is 0.250. The molecule has 3 aromatic rings. The Kier molecular flexibility index (Phi) is 3.91. The highest BCUT2D eigenvalue weighted by atomic mass is 35.5. The minimum Gasteiger partial charge on any atom is -0.320 e. The molecule has 0 spiro atoms. The third-order valence-electron chi connectivity index (χ3n) is 4.69. The Bertz CT molecular complexity index is 922. The molecule has 0 unspecified atom stereocenters. The smallest absolute Gasteiger partial charge is 0.0529 e. The molecule has 2 aromatic heterocycles. The van der Waals surface area contributed by atoms with Crippen molar-refractivity contribution in [1.29, 1.82) is 0 Å². The fourth-order valence-electron chi connectivity index (χ4n) is 3.41. The zero-order valence-electron chi connectivity index (χ0n) is 14.0. The van der Waals surface area contributed by atoms with Crippen LogP contribution in [0.4, 0.5) is 0 Å². The Morgan fingerprint density at radius 2 is 2.08 bits per heavy atom. The van der Waals surface area contributed by atoms with E-state index in [4.69, 9.17) is 11.6 Å². The highest BCUT2D eigenvalue weighted by molar-refractivity contribution is 6.31. The van der Waals surface area contributed by atoms with Gasteiger partial charge in [-0.15, -0.1) is 0 Å². The lowest BCUT2D eigenvalue weighted by Crippen LogP contribution is -2.26. The molecule has 1 aliphatic rings. The van der Waals surface area contributed by atoms with Gasteiger partial charge in [-0.3, -0.25) is 4.98 Å². The summed E-state index contributed by atoms with van der Waals surface area (Å²) >= 11 is 6.25. The van der Waals surface area contributed by atoms with Crippen molar-refractivity contribution in [3.63, 3.8) is 0 Å². The highest BCUT2D eigenvalue weighted by Crippen LogP contribution is 2.32. The maximum atomic E-state index is 6.25. The van der Waals surface area contributed by atoms with E-state index in [1.165, 1.54) is 22.2 Å². The van der Waals surface area contributed by atoms with Gasteiger partial charge in [-0.1, -0.05) is 17.7 Å². The van der Waals surface area contributed by atoms with Crippen molar-refractivity contribution in [3.8, 4) is 0 Å². The lowest BCUT2D eigenvalue weighted by atomic mass is 10.1. The van der Waals surface area contributed by atoms with Gasteiger partial charge >= 0.3 is 0 Å². The summed E-state index contributed by atoms with van der Waals surface area (Å²) in [6.07, 6.45) is 7.25. The van der Waals surface area contributed by atoms with E-state index >= 15 is 0 Å². The second kappa shape index (κ2) is 6.08. The number of aryl methyl sites for hydroxylation is 1. The zero-order valence-corrected chi connectivity index (χ0v) is 14.7. The molecule has 0 aliphatic carbocycles. The third-order valence-corrected chi connectivity index (χ3v) is 4.93. The van der Waals surface area contributed by atoms with E-state index in [2.05, 4.69) is 52.0 Å². The molecule has 1 aliphatic heterocycles. The van der Waals surface area contributed by atoms with Gasteiger partial charge in [-0.2, -0.15) is 0 Å². The van der Waals surface area contributed by atoms with Gasteiger partial charge in [0, 0.05) is 53.7 Å². The molecule has 3 nitrogen and oxygen atoms in total. The van der Waals surface area contributed by atoms with Crippen LogP contribution in [0, 0.1) is 6.92 Å². The van der Waals surface area contributed by atoms with Crippen molar-refractivity contribution >= 4 is 34.8 Å². The average molecular weight is 338 g/mol. The Labute approximate surface area is 147 Å². The molecule has 0 bridgehead atoms. The fourth-order valence-corrected chi connectivity index (χ4v) is 3.58. The van der Waals surface area contributed by atoms with Crippen LogP contribution in [0.25, 0.3) is 23.2 Å². The first-order valence-corrected chi connectivity index (χ1v) is 8.60. The minimum atomic E-state index is 0.794. The highest BCUT2D eigenvalue weighted by Gasteiger charge is 2.21. The summed E-state index contributed by atoms with van der Waals surface area (Å²) in [4.78, 5) is 6.73. The molecule has 0 saturated heterocycles. The van der Waals surface area contributed by atoms with Crippen LogP contribution < -0.4 is 0 Å². The van der Waals surface area contributed by atoms with Crippen LogP contribution >= 0.6 is 11.6 Å². The number of hydrogen-bond acceptors (Lipinski definition) is 2. The molecule has 4 rings (SSSR count). The number of fused-ring (bicyclic) bond motifs is 3.